The predicted octanol–water partition coefficient (Wildman–Crippen LogP) is 2.40. The van der Waals surface area contributed by atoms with Gasteiger partial charge in [-0.25, -0.2) is 9.18 Å². The van der Waals surface area contributed by atoms with E-state index >= 15 is 0 Å². The Bertz CT molecular complexity index is 714. The summed E-state index contributed by atoms with van der Waals surface area (Å²) in [4.78, 5) is 26.5. The first-order chi connectivity index (χ1) is 12.5. The van der Waals surface area contributed by atoms with Gasteiger partial charge in [-0.15, -0.1) is 0 Å². The molecule has 2 fully saturated rings. The Balaban J connectivity index is 1.88. The van der Waals surface area contributed by atoms with E-state index < -0.39 is 23.9 Å². The number of ether oxygens (including phenoxy) is 1. The zero-order valence-electron chi connectivity index (χ0n) is 14.9. The number of hydrogen-bond acceptors (Lipinski definition) is 5. The van der Waals surface area contributed by atoms with Crippen molar-refractivity contribution >= 4 is 11.8 Å². The molecule has 0 aromatic heterocycles. The molecule has 0 amide bonds. The van der Waals surface area contributed by atoms with Crippen LogP contribution < -0.4 is 0 Å². The number of likely N-dealkylation sites (tertiary alicyclic amines) is 1. The lowest BCUT2D eigenvalue weighted by Crippen LogP contribution is -2.44. The van der Waals surface area contributed by atoms with Gasteiger partial charge in [0, 0.05) is 30.6 Å². The Morgan fingerprint density at radius 3 is 2.73 bits per heavy atom. The number of aliphatic hydroxyl groups excluding tert-OH is 1. The molecule has 5 nitrogen and oxygen atoms in total. The van der Waals surface area contributed by atoms with Crippen LogP contribution in [0.3, 0.4) is 0 Å². The number of carbonyl (C=O) groups is 2. The molecule has 26 heavy (non-hydrogen) atoms. The Hall–Kier alpha value is -2.05. The number of esters is 1. The Labute approximate surface area is 152 Å². The fourth-order valence-corrected chi connectivity index (χ4v) is 3.41. The van der Waals surface area contributed by atoms with Crippen LogP contribution in [0.4, 0.5) is 4.39 Å². The third-order valence-corrected chi connectivity index (χ3v) is 4.91. The number of rotatable bonds is 6. The molecule has 0 radical (unpaired) electrons. The summed E-state index contributed by atoms with van der Waals surface area (Å²) in [5.74, 6) is -0.932. The minimum atomic E-state index is -0.757. The van der Waals surface area contributed by atoms with Crippen molar-refractivity contribution in [3.05, 3.63) is 47.3 Å². The fourth-order valence-electron chi connectivity index (χ4n) is 3.41. The lowest BCUT2D eigenvalue weighted by atomic mass is 9.93. The van der Waals surface area contributed by atoms with Gasteiger partial charge in [-0.2, -0.15) is 0 Å². The molecule has 6 heteroatoms. The molecule has 0 bridgehead atoms. The second-order valence-corrected chi connectivity index (χ2v) is 6.85. The second-order valence-electron chi connectivity index (χ2n) is 6.85. The number of benzene rings is 1. The summed E-state index contributed by atoms with van der Waals surface area (Å²) < 4.78 is 19.3. The average Bonchev–Trinajstić information content (AvgIpc) is 3.45. The molecule has 0 spiro atoms. The van der Waals surface area contributed by atoms with Crippen LogP contribution in [0, 0.1) is 11.7 Å². The number of piperidine rings is 1. The quantitative estimate of drug-likeness (QED) is 0.623. The number of aliphatic hydroxyl groups is 1. The van der Waals surface area contributed by atoms with Gasteiger partial charge in [0.25, 0.3) is 0 Å². The maximum Gasteiger partial charge on any atom is 0.330 e. The minimum absolute atomic E-state index is 0.0157. The maximum absolute atomic E-state index is 14.4. The number of hydrogen-bond donors (Lipinski definition) is 1. The second kappa shape index (κ2) is 8.10. The van der Waals surface area contributed by atoms with Gasteiger partial charge in [-0.3, -0.25) is 9.69 Å². The number of ketones is 1. The van der Waals surface area contributed by atoms with Crippen molar-refractivity contribution in [1.82, 2.24) is 4.90 Å². The lowest BCUT2D eigenvalue weighted by Gasteiger charge is -2.37. The molecule has 1 saturated heterocycles. The zero-order chi connectivity index (χ0) is 18.7. The van der Waals surface area contributed by atoms with Crippen molar-refractivity contribution < 1.29 is 23.8 Å². The normalized spacial score (nSPS) is 23.7. The van der Waals surface area contributed by atoms with E-state index in [0.717, 1.165) is 12.8 Å². The van der Waals surface area contributed by atoms with Gasteiger partial charge < -0.3 is 9.84 Å². The van der Waals surface area contributed by atoms with Gasteiger partial charge in [0.1, 0.15) is 5.82 Å². The molecule has 2 atom stereocenters. The molecule has 1 N–H and O–H groups in total. The Morgan fingerprint density at radius 1 is 1.35 bits per heavy atom. The predicted molar refractivity (Wildman–Crippen MR) is 93.8 cm³/mol. The van der Waals surface area contributed by atoms with E-state index in [1.165, 1.54) is 12.1 Å². The van der Waals surface area contributed by atoms with Crippen LogP contribution in [0.25, 0.3) is 0 Å². The van der Waals surface area contributed by atoms with Crippen molar-refractivity contribution in [3.8, 4) is 0 Å². The average molecular weight is 361 g/mol. The largest absolute Gasteiger partial charge is 0.463 e. The molecule has 1 aromatic carbocycles. The Kier molecular flexibility index (Phi) is 5.84. The van der Waals surface area contributed by atoms with Crippen LogP contribution in [-0.4, -0.2) is 47.6 Å². The molecule has 2 unspecified atom stereocenters. The third-order valence-electron chi connectivity index (χ3n) is 4.91. The topological polar surface area (TPSA) is 66.8 Å². The lowest BCUT2D eigenvalue weighted by molar-refractivity contribution is -0.137. The Morgan fingerprint density at radius 2 is 2.08 bits per heavy atom. The van der Waals surface area contributed by atoms with E-state index in [2.05, 4.69) is 0 Å². The summed E-state index contributed by atoms with van der Waals surface area (Å²) in [5.41, 5.74) is 0.857. The number of carbonyl (C=O) groups excluding carboxylic acids is 2. The maximum atomic E-state index is 14.4. The first kappa shape index (κ1) is 18.7. The molecule has 140 valence electrons. The highest BCUT2D eigenvalue weighted by Gasteiger charge is 2.41. The van der Waals surface area contributed by atoms with Gasteiger partial charge in [-0.1, -0.05) is 18.2 Å². The van der Waals surface area contributed by atoms with Crippen LogP contribution >= 0.6 is 0 Å². The highest BCUT2D eigenvalue weighted by atomic mass is 19.1. The van der Waals surface area contributed by atoms with Crippen molar-refractivity contribution in [3.63, 3.8) is 0 Å². The van der Waals surface area contributed by atoms with Crippen LogP contribution in [0.1, 0.15) is 37.8 Å². The molecule has 1 aromatic rings. The van der Waals surface area contributed by atoms with Crippen LogP contribution in [0.15, 0.2) is 35.9 Å². The monoisotopic (exact) mass is 361 g/mol. The van der Waals surface area contributed by atoms with Gasteiger partial charge in [0.15, 0.2) is 5.78 Å². The first-order valence-electron chi connectivity index (χ1n) is 9.08. The first-order valence-corrected chi connectivity index (χ1v) is 9.08. The summed E-state index contributed by atoms with van der Waals surface area (Å²) in [6.45, 7) is 2.65. The van der Waals surface area contributed by atoms with E-state index in [1.54, 1.807) is 25.1 Å². The fraction of sp³-hybridized carbons (Fsp3) is 0.500. The smallest absolute Gasteiger partial charge is 0.330 e. The highest BCUT2D eigenvalue weighted by molar-refractivity contribution is 5.89. The summed E-state index contributed by atoms with van der Waals surface area (Å²) in [7, 11) is 0. The molecule has 1 saturated carbocycles. The standard InChI is InChI=1S/C20H24FNO4/c1-2-26-18(24)11-14-12-22(10-9-17(14)23)19(20(25)13-7-8-13)15-5-3-4-6-16(15)21/h3-6,11,13,17,19,23H,2,7-10,12H2,1H3/b14-11-. The van der Waals surface area contributed by atoms with Gasteiger partial charge in [-0.05, 0) is 37.8 Å². The third kappa shape index (κ3) is 4.19. The number of halogens is 1. The summed E-state index contributed by atoms with van der Waals surface area (Å²) in [6, 6.07) is 5.63. The van der Waals surface area contributed by atoms with Crippen molar-refractivity contribution in [2.45, 2.75) is 38.3 Å². The number of nitrogens with zero attached hydrogens (tertiary/aromatic N) is 1. The van der Waals surface area contributed by atoms with Crippen molar-refractivity contribution in [1.29, 1.82) is 0 Å². The van der Waals surface area contributed by atoms with Crippen LogP contribution in [-0.2, 0) is 14.3 Å². The molecule has 2 aliphatic rings. The SMILES string of the molecule is CCOC(=O)/C=C1/CN(C(C(=O)C2CC2)c2ccccc2F)CCC1O. The molecule has 1 heterocycles. The molecule has 1 aliphatic carbocycles. The molecular weight excluding hydrogens is 337 g/mol. The van der Waals surface area contributed by atoms with E-state index in [-0.39, 0.29) is 24.9 Å². The molecule has 3 rings (SSSR count). The van der Waals surface area contributed by atoms with Gasteiger partial charge >= 0.3 is 5.97 Å². The zero-order valence-corrected chi connectivity index (χ0v) is 14.9. The van der Waals surface area contributed by atoms with Crippen molar-refractivity contribution in [2.75, 3.05) is 19.7 Å². The summed E-state index contributed by atoms with van der Waals surface area (Å²) in [5, 5.41) is 10.2. The summed E-state index contributed by atoms with van der Waals surface area (Å²) >= 11 is 0. The van der Waals surface area contributed by atoms with E-state index in [1.807, 2.05) is 4.90 Å². The molecule has 1 aliphatic heterocycles. The van der Waals surface area contributed by atoms with Crippen molar-refractivity contribution in [2.24, 2.45) is 5.92 Å². The highest BCUT2D eigenvalue weighted by Crippen LogP contribution is 2.39. The van der Waals surface area contributed by atoms with E-state index in [0.29, 0.717) is 24.1 Å². The van der Waals surface area contributed by atoms with Crippen LogP contribution in [0.5, 0.6) is 0 Å². The van der Waals surface area contributed by atoms with Gasteiger partial charge in [0.2, 0.25) is 0 Å². The minimum Gasteiger partial charge on any atom is -0.463 e. The van der Waals surface area contributed by atoms with E-state index in [9.17, 15) is 19.1 Å². The summed E-state index contributed by atoms with van der Waals surface area (Å²) in [6.07, 6.45) is 2.60. The van der Waals surface area contributed by atoms with E-state index in [4.69, 9.17) is 4.74 Å². The number of Topliss-reactive ketones (excluding diaryl/α,β-unsaturated/α-hetero) is 1. The molecular formula is C20H24FNO4. The van der Waals surface area contributed by atoms with Gasteiger partial charge in [0.05, 0.1) is 18.8 Å². The van der Waals surface area contributed by atoms with Crippen LogP contribution in [0.2, 0.25) is 0 Å².